The van der Waals surface area contributed by atoms with E-state index in [1.807, 2.05) is 0 Å². The lowest BCUT2D eigenvalue weighted by molar-refractivity contribution is -0.116. The third-order valence-corrected chi connectivity index (χ3v) is 8.38. The second-order valence-corrected chi connectivity index (χ2v) is 11.1. The summed E-state index contributed by atoms with van der Waals surface area (Å²) in [6, 6.07) is 25.2. The molecule has 206 valence electrons. The predicted octanol–water partition coefficient (Wildman–Crippen LogP) is 3.28. The number of nitrogens with zero attached hydrogens (tertiary/aromatic N) is 2. The Morgan fingerprint density at radius 1 is 0.878 bits per heavy atom. The third kappa shape index (κ3) is 5.56. The van der Waals surface area contributed by atoms with Gasteiger partial charge in [-0.25, -0.2) is 8.42 Å². The Balaban J connectivity index is 1.47. The number of nitrogens with two attached hydrogens (primary N) is 2. The van der Waals surface area contributed by atoms with Gasteiger partial charge in [0.2, 0.25) is 5.91 Å². The summed E-state index contributed by atoms with van der Waals surface area (Å²) in [6.07, 6.45) is 1.50. The normalized spacial score (nSPS) is 11.3. The van der Waals surface area contributed by atoms with Crippen molar-refractivity contribution in [1.82, 2.24) is 10.3 Å². The molecule has 1 heterocycles. The first kappa shape index (κ1) is 27.3. The van der Waals surface area contributed by atoms with E-state index in [0.717, 1.165) is 9.87 Å². The Morgan fingerprint density at radius 2 is 1.59 bits per heavy atom. The van der Waals surface area contributed by atoms with E-state index in [2.05, 4.69) is 10.3 Å². The Hall–Kier alpha value is -5.29. The molecule has 5 aromatic rings. The van der Waals surface area contributed by atoms with Crippen LogP contribution in [-0.2, 0) is 21.4 Å². The number of hydrogen-bond donors (Lipinski definition) is 4. The molecular weight excluding hydrogens is 540 g/mol. The van der Waals surface area contributed by atoms with Gasteiger partial charge in [-0.15, -0.1) is 0 Å². The van der Waals surface area contributed by atoms with Gasteiger partial charge in [-0.3, -0.25) is 24.3 Å². The molecule has 11 heteroatoms. The van der Waals surface area contributed by atoms with Gasteiger partial charge >= 0.3 is 0 Å². The number of fused-ring (bicyclic) bond motifs is 2. The number of nitrogen functional groups attached to an aromatic ring is 1. The van der Waals surface area contributed by atoms with Crippen LogP contribution < -0.4 is 21.1 Å². The van der Waals surface area contributed by atoms with Gasteiger partial charge in [0.25, 0.3) is 15.9 Å². The number of rotatable bonds is 9. The van der Waals surface area contributed by atoms with E-state index in [4.69, 9.17) is 16.9 Å². The summed E-state index contributed by atoms with van der Waals surface area (Å²) in [5.74, 6) is -1.18. The SMILES string of the molecule is N=C(N)c1ccc(CNC(=O)c2cccc3cc(N(CC(N)=O)S(=O)(=O)c4cccc5cccnc45)ccc23)cc1. The number of nitrogens with one attached hydrogen (secondary N) is 2. The molecule has 0 bridgehead atoms. The minimum Gasteiger partial charge on any atom is -0.384 e. The van der Waals surface area contributed by atoms with Crippen LogP contribution in [0, 0.1) is 5.41 Å². The fraction of sp³-hybridized carbons (Fsp3) is 0.0667. The largest absolute Gasteiger partial charge is 0.384 e. The number of benzene rings is 4. The van der Waals surface area contributed by atoms with Gasteiger partial charge in [0.05, 0.1) is 11.2 Å². The van der Waals surface area contributed by atoms with Crippen LogP contribution >= 0.6 is 0 Å². The fourth-order valence-corrected chi connectivity index (χ4v) is 6.15. The highest BCUT2D eigenvalue weighted by Crippen LogP contribution is 2.31. The highest BCUT2D eigenvalue weighted by atomic mass is 32.2. The van der Waals surface area contributed by atoms with E-state index in [1.165, 1.54) is 12.3 Å². The fourth-order valence-electron chi connectivity index (χ4n) is 4.56. The lowest BCUT2D eigenvalue weighted by atomic mass is 10.0. The molecular formula is C30H26N6O4S. The van der Waals surface area contributed by atoms with Crippen molar-refractivity contribution in [2.24, 2.45) is 11.5 Å². The summed E-state index contributed by atoms with van der Waals surface area (Å²) in [7, 11) is -4.25. The Bertz CT molecular complexity index is 1920. The topological polar surface area (TPSA) is 172 Å². The van der Waals surface area contributed by atoms with Crippen LogP contribution in [0.1, 0.15) is 21.5 Å². The first-order valence-corrected chi connectivity index (χ1v) is 14.0. The molecule has 0 saturated carbocycles. The molecule has 41 heavy (non-hydrogen) atoms. The Morgan fingerprint density at radius 3 is 2.32 bits per heavy atom. The first-order valence-electron chi connectivity index (χ1n) is 12.5. The number of carbonyl (C=O) groups excluding carboxylic acids is 2. The van der Waals surface area contributed by atoms with Crippen molar-refractivity contribution in [1.29, 1.82) is 5.41 Å². The number of carbonyl (C=O) groups is 2. The molecule has 0 aliphatic heterocycles. The molecule has 1 aromatic heterocycles. The number of aromatic nitrogens is 1. The summed E-state index contributed by atoms with van der Waals surface area (Å²) < 4.78 is 28.7. The van der Waals surface area contributed by atoms with Crippen LogP contribution in [0.2, 0.25) is 0 Å². The number of anilines is 1. The Labute approximate surface area is 236 Å². The molecule has 0 aliphatic rings. The summed E-state index contributed by atoms with van der Waals surface area (Å²) in [6.45, 7) is -0.325. The molecule has 0 spiro atoms. The van der Waals surface area contributed by atoms with Crippen LogP contribution in [0.15, 0.2) is 102 Å². The van der Waals surface area contributed by atoms with E-state index in [-0.39, 0.29) is 34.4 Å². The van der Waals surface area contributed by atoms with Crippen LogP contribution in [0.3, 0.4) is 0 Å². The zero-order valence-electron chi connectivity index (χ0n) is 21.7. The van der Waals surface area contributed by atoms with Gasteiger partial charge in [-0.05, 0) is 46.7 Å². The average molecular weight is 567 g/mol. The van der Waals surface area contributed by atoms with Crippen LogP contribution in [0.25, 0.3) is 21.7 Å². The molecule has 0 aliphatic carbocycles. The summed E-state index contributed by atoms with van der Waals surface area (Å²) >= 11 is 0. The van der Waals surface area contributed by atoms with Gasteiger partial charge in [-0.1, -0.05) is 60.7 Å². The second-order valence-electron chi connectivity index (χ2n) is 9.31. The van der Waals surface area contributed by atoms with Gasteiger partial charge < -0.3 is 16.8 Å². The van der Waals surface area contributed by atoms with Crippen molar-refractivity contribution in [3.8, 4) is 0 Å². The van der Waals surface area contributed by atoms with E-state index in [0.29, 0.717) is 27.3 Å². The predicted molar refractivity (Wildman–Crippen MR) is 158 cm³/mol. The minimum absolute atomic E-state index is 0.0355. The number of pyridine rings is 1. The molecule has 2 amide bonds. The van der Waals surface area contributed by atoms with Crippen LogP contribution in [0.5, 0.6) is 0 Å². The van der Waals surface area contributed by atoms with Gasteiger partial charge in [0.15, 0.2) is 0 Å². The maximum atomic E-state index is 13.9. The molecule has 0 saturated heterocycles. The first-order chi connectivity index (χ1) is 19.6. The molecule has 0 unspecified atom stereocenters. The molecule has 0 atom stereocenters. The minimum atomic E-state index is -4.25. The number of amidine groups is 1. The van der Waals surface area contributed by atoms with Crippen molar-refractivity contribution in [2.45, 2.75) is 11.4 Å². The van der Waals surface area contributed by atoms with Gasteiger partial charge in [0, 0.05) is 29.3 Å². The van der Waals surface area contributed by atoms with Crippen molar-refractivity contribution in [3.63, 3.8) is 0 Å². The molecule has 0 fully saturated rings. The lowest BCUT2D eigenvalue weighted by Gasteiger charge is -2.24. The number of hydrogen-bond acceptors (Lipinski definition) is 6. The number of amides is 2. The third-order valence-electron chi connectivity index (χ3n) is 6.58. The van der Waals surface area contributed by atoms with E-state index in [9.17, 15) is 18.0 Å². The quantitative estimate of drug-likeness (QED) is 0.157. The van der Waals surface area contributed by atoms with Crippen molar-refractivity contribution in [2.75, 3.05) is 10.8 Å². The van der Waals surface area contributed by atoms with Crippen molar-refractivity contribution >= 4 is 55.0 Å². The molecule has 0 radical (unpaired) electrons. The molecule has 5 rings (SSSR count). The monoisotopic (exact) mass is 566 g/mol. The molecule has 6 N–H and O–H groups in total. The van der Waals surface area contributed by atoms with E-state index < -0.39 is 22.5 Å². The second kappa shape index (κ2) is 11.1. The van der Waals surface area contributed by atoms with Gasteiger partial charge in [0.1, 0.15) is 17.3 Å². The Kier molecular flexibility index (Phi) is 7.36. The smallest absolute Gasteiger partial charge is 0.266 e. The maximum absolute atomic E-state index is 13.9. The molecule has 4 aromatic carbocycles. The van der Waals surface area contributed by atoms with Crippen molar-refractivity contribution in [3.05, 3.63) is 114 Å². The average Bonchev–Trinajstić information content (AvgIpc) is 2.97. The molecule has 10 nitrogen and oxygen atoms in total. The number of primary amides is 1. The number of sulfonamides is 1. The standard InChI is InChI=1S/C30H26N6O4S/c31-27(37)18-36(41(39,40)26-8-2-4-20-6-3-15-34-28(20)26)23-13-14-24-22(16-23)5-1-7-25(24)30(38)35-17-19-9-11-21(12-10-19)29(32)33/h1-16H,17-18H2,(H2,31,37)(H3,32,33)(H,35,38). The zero-order chi connectivity index (χ0) is 29.1. The highest BCUT2D eigenvalue weighted by Gasteiger charge is 2.29. The highest BCUT2D eigenvalue weighted by molar-refractivity contribution is 7.93. The summed E-state index contributed by atoms with van der Waals surface area (Å²) in [5, 5.41) is 12.2. The summed E-state index contributed by atoms with van der Waals surface area (Å²) in [5.41, 5.74) is 13.3. The van der Waals surface area contributed by atoms with Gasteiger partial charge in [-0.2, -0.15) is 0 Å². The maximum Gasteiger partial charge on any atom is 0.266 e. The van der Waals surface area contributed by atoms with Crippen molar-refractivity contribution < 1.29 is 18.0 Å². The number of para-hydroxylation sites is 1. The van der Waals surface area contributed by atoms with E-state index in [1.54, 1.807) is 84.9 Å². The lowest BCUT2D eigenvalue weighted by Crippen LogP contribution is -2.38. The summed E-state index contributed by atoms with van der Waals surface area (Å²) in [4.78, 5) is 29.3. The zero-order valence-corrected chi connectivity index (χ0v) is 22.6. The van der Waals surface area contributed by atoms with Crippen LogP contribution in [-0.4, -0.2) is 37.6 Å². The van der Waals surface area contributed by atoms with Crippen LogP contribution in [0.4, 0.5) is 5.69 Å². The van der Waals surface area contributed by atoms with E-state index >= 15 is 0 Å².